The van der Waals surface area contributed by atoms with Crippen LogP contribution in [-0.2, 0) is 14.2 Å². The van der Waals surface area contributed by atoms with Crippen LogP contribution in [0, 0.1) is 0 Å². The van der Waals surface area contributed by atoms with E-state index in [-0.39, 0.29) is 10.9 Å². The summed E-state index contributed by atoms with van der Waals surface area (Å²) in [6, 6.07) is 2.83. The first-order valence-electron chi connectivity index (χ1n) is 4.91. The van der Waals surface area contributed by atoms with Gasteiger partial charge in [0.1, 0.15) is 6.16 Å². The quantitative estimate of drug-likeness (QED) is 0.396. The van der Waals surface area contributed by atoms with Gasteiger partial charge in [-0.15, -0.1) is 0 Å². The van der Waals surface area contributed by atoms with Crippen LogP contribution < -0.4 is 10.4 Å². The molecule has 1 aromatic rings. The monoisotopic (exact) mass is 276 g/mol. The molecule has 1 atom stereocenters. The molecule has 1 rings (SSSR count). The standard InChI is InChI=1S/C9H13N2O6P/c1-18(15,16)6-7(12)10-5-8(13)11(14)9-3-2-4-17-9/h2-4,14H,5-6H2,1H3,(H,10,12)(H,15,16). The molecule has 0 saturated carbocycles. The lowest BCUT2D eigenvalue weighted by molar-refractivity contribution is -0.126. The van der Waals surface area contributed by atoms with Crippen LogP contribution in [0.3, 0.4) is 0 Å². The van der Waals surface area contributed by atoms with Gasteiger partial charge in [-0.1, -0.05) is 0 Å². The smallest absolute Gasteiger partial charge is 0.272 e. The van der Waals surface area contributed by atoms with Crippen molar-refractivity contribution >= 4 is 25.1 Å². The number of furan rings is 1. The third kappa shape index (κ3) is 4.70. The van der Waals surface area contributed by atoms with E-state index in [1.54, 1.807) is 0 Å². The predicted octanol–water partition coefficient (Wildman–Crippen LogP) is 0.0182. The average Bonchev–Trinajstić information content (AvgIpc) is 2.75. The highest BCUT2D eigenvalue weighted by Crippen LogP contribution is 2.33. The summed E-state index contributed by atoms with van der Waals surface area (Å²) < 4.78 is 15.7. The Labute approximate surface area is 103 Å². The molecular formula is C9H13N2O6P. The minimum Gasteiger partial charge on any atom is -0.446 e. The van der Waals surface area contributed by atoms with Crippen LogP contribution in [-0.4, -0.2) is 41.3 Å². The molecule has 3 N–H and O–H groups in total. The minimum absolute atomic E-state index is 0.0856. The molecule has 9 heteroatoms. The summed E-state index contributed by atoms with van der Waals surface area (Å²) in [6.45, 7) is 0.533. The number of carbonyl (C=O) groups is 2. The van der Waals surface area contributed by atoms with Crippen LogP contribution in [0.1, 0.15) is 0 Å². The molecular weight excluding hydrogens is 263 g/mol. The van der Waals surface area contributed by atoms with Crippen molar-refractivity contribution in [2.24, 2.45) is 0 Å². The Balaban J connectivity index is 2.42. The van der Waals surface area contributed by atoms with Crippen molar-refractivity contribution in [3.63, 3.8) is 0 Å². The number of nitrogens with one attached hydrogen (secondary N) is 1. The summed E-state index contributed by atoms with van der Waals surface area (Å²) in [6.07, 6.45) is 0.690. The first-order chi connectivity index (χ1) is 8.29. The molecule has 0 bridgehead atoms. The average molecular weight is 276 g/mol. The van der Waals surface area contributed by atoms with Crippen LogP contribution >= 0.6 is 7.37 Å². The molecule has 0 aliphatic heterocycles. The SMILES string of the molecule is CP(=O)(O)CC(=O)NCC(=O)N(O)c1ccco1. The van der Waals surface area contributed by atoms with E-state index in [2.05, 4.69) is 5.32 Å². The number of hydroxylamine groups is 1. The molecule has 0 aliphatic rings. The summed E-state index contributed by atoms with van der Waals surface area (Å²) in [4.78, 5) is 31.5. The minimum atomic E-state index is -3.47. The Kier molecular flexibility index (Phi) is 4.66. The van der Waals surface area contributed by atoms with Crippen molar-refractivity contribution in [1.82, 2.24) is 5.32 Å². The predicted molar refractivity (Wildman–Crippen MR) is 61.6 cm³/mol. The zero-order valence-electron chi connectivity index (χ0n) is 9.57. The van der Waals surface area contributed by atoms with Crippen molar-refractivity contribution < 1.29 is 28.7 Å². The van der Waals surface area contributed by atoms with E-state index in [9.17, 15) is 19.4 Å². The van der Waals surface area contributed by atoms with E-state index >= 15 is 0 Å². The zero-order valence-corrected chi connectivity index (χ0v) is 10.5. The maximum absolute atomic E-state index is 11.4. The van der Waals surface area contributed by atoms with Crippen molar-refractivity contribution in [3.8, 4) is 0 Å². The number of nitrogens with zero attached hydrogens (tertiary/aromatic N) is 1. The van der Waals surface area contributed by atoms with E-state index in [4.69, 9.17) is 9.31 Å². The number of carbonyl (C=O) groups excluding carboxylic acids is 2. The van der Waals surface area contributed by atoms with Crippen LogP contribution in [0.5, 0.6) is 0 Å². The van der Waals surface area contributed by atoms with Gasteiger partial charge in [0, 0.05) is 12.7 Å². The molecule has 18 heavy (non-hydrogen) atoms. The Morgan fingerprint density at radius 1 is 1.56 bits per heavy atom. The van der Waals surface area contributed by atoms with Gasteiger partial charge in [-0.3, -0.25) is 19.4 Å². The number of anilines is 1. The Morgan fingerprint density at radius 2 is 2.22 bits per heavy atom. The van der Waals surface area contributed by atoms with Crippen LogP contribution in [0.25, 0.3) is 0 Å². The lowest BCUT2D eigenvalue weighted by Crippen LogP contribution is -2.39. The van der Waals surface area contributed by atoms with Gasteiger partial charge in [0.15, 0.2) is 0 Å². The summed E-state index contributed by atoms with van der Waals surface area (Å²) in [5.74, 6) is -1.66. The molecule has 100 valence electrons. The normalized spacial score (nSPS) is 13.7. The van der Waals surface area contributed by atoms with Crippen molar-refractivity contribution in [3.05, 3.63) is 18.4 Å². The maximum Gasteiger partial charge on any atom is 0.272 e. The Bertz CT molecular complexity index is 465. The van der Waals surface area contributed by atoms with E-state index in [0.717, 1.165) is 6.66 Å². The molecule has 0 aromatic carbocycles. The second-order valence-corrected chi connectivity index (χ2v) is 6.06. The van der Waals surface area contributed by atoms with Gasteiger partial charge in [-0.2, -0.15) is 5.06 Å². The lowest BCUT2D eigenvalue weighted by atomic mass is 10.5. The fourth-order valence-electron chi connectivity index (χ4n) is 1.08. The molecule has 0 spiro atoms. The van der Waals surface area contributed by atoms with Crippen molar-refractivity contribution in [2.45, 2.75) is 0 Å². The molecule has 1 aromatic heterocycles. The van der Waals surface area contributed by atoms with Gasteiger partial charge < -0.3 is 14.6 Å². The third-order valence-electron chi connectivity index (χ3n) is 1.82. The largest absolute Gasteiger partial charge is 0.446 e. The molecule has 0 aliphatic carbocycles. The topological polar surface area (TPSA) is 120 Å². The van der Waals surface area contributed by atoms with E-state index in [0.29, 0.717) is 0 Å². The fraction of sp³-hybridized carbons (Fsp3) is 0.333. The molecule has 1 unspecified atom stereocenters. The van der Waals surface area contributed by atoms with E-state index in [1.807, 2.05) is 0 Å². The van der Waals surface area contributed by atoms with Gasteiger partial charge in [0.2, 0.25) is 19.2 Å². The fourth-order valence-corrected chi connectivity index (χ4v) is 1.73. The van der Waals surface area contributed by atoms with E-state index < -0.39 is 31.9 Å². The van der Waals surface area contributed by atoms with Gasteiger partial charge in [0.25, 0.3) is 5.91 Å². The molecule has 0 radical (unpaired) electrons. The summed E-state index contributed by atoms with van der Waals surface area (Å²) in [7, 11) is -3.47. The number of hydrogen-bond donors (Lipinski definition) is 3. The molecule has 8 nitrogen and oxygen atoms in total. The van der Waals surface area contributed by atoms with Crippen molar-refractivity contribution in [1.29, 1.82) is 0 Å². The molecule has 1 heterocycles. The third-order valence-corrected chi connectivity index (χ3v) is 2.70. The zero-order chi connectivity index (χ0) is 13.8. The van der Waals surface area contributed by atoms with Crippen LogP contribution in [0.15, 0.2) is 22.8 Å². The van der Waals surface area contributed by atoms with Gasteiger partial charge in [-0.25, -0.2) is 0 Å². The highest BCUT2D eigenvalue weighted by molar-refractivity contribution is 7.58. The highest BCUT2D eigenvalue weighted by atomic mass is 31.2. The first kappa shape index (κ1) is 14.4. The van der Waals surface area contributed by atoms with Gasteiger partial charge in [0.05, 0.1) is 12.8 Å². The molecule has 0 fully saturated rings. The number of amides is 2. The summed E-state index contributed by atoms with van der Waals surface area (Å²) >= 11 is 0. The highest BCUT2D eigenvalue weighted by Gasteiger charge is 2.19. The second kappa shape index (κ2) is 5.81. The maximum atomic E-state index is 11.4. The van der Waals surface area contributed by atoms with Gasteiger partial charge >= 0.3 is 0 Å². The molecule has 2 amide bonds. The second-order valence-electron chi connectivity index (χ2n) is 3.64. The molecule has 0 saturated heterocycles. The number of hydrogen-bond acceptors (Lipinski definition) is 5. The Morgan fingerprint density at radius 3 is 2.72 bits per heavy atom. The van der Waals surface area contributed by atoms with Crippen LogP contribution in [0.4, 0.5) is 5.88 Å². The van der Waals surface area contributed by atoms with Gasteiger partial charge in [-0.05, 0) is 6.07 Å². The summed E-state index contributed by atoms with van der Waals surface area (Å²) in [5.41, 5.74) is 0. The summed E-state index contributed by atoms with van der Waals surface area (Å²) in [5, 5.41) is 11.7. The van der Waals surface area contributed by atoms with Crippen LogP contribution in [0.2, 0.25) is 0 Å². The Hall–Kier alpha value is -1.63. The lowest BCUT2D eigenvalue weighted by Gasteiger charge is -2.12. The van der Waals surface area contributed by atoms with E-state index in [1.165, 1.54) is 18.4 Å². The number of rotatable bonds is 5. The van der Waals surface area contributed by atoms with Crippen molar-refractivity contribution in [2.75, 3.05) is 24.4 Å². The first-order valence-corrected chi connectivity index (χ1v) is 7.20.